The first-order valence-corrected chi connectivity index (χ1v) is 11.5. The van der Waals surface area contributed by atoms with Crippen molar-refractivity contribution in [1.29, 1.82) is 0 Å². The monoisotopic (exact) mass is 488 g/mol. The van der Waals surface area contributed by atoms with Gasteiger partial charge in [-0.3, -0.25) is 9.59 Å². The third kappa shape index (κ3) is 5.56. The summed E-state index contributed by atoms with van der Waals surface area (Å²) in [5.41, 5.74) is 1.91. The maximum Gasteiger partial charge on any atom is 0.286 e. The fraction of sp³-hybridized carbons (Fsp3) is 0.120. The van der Waals surface area contributed by atoms with E-state index in [2.05, 4.69) is 20.8 Å². The molecule has 0 spiro atoms. The summed E-state index contributed by atoms with van der Waals surface area (Å²) in [4.78, 5) is 25.0. The molecule has 0 atom stereocenters. The lowest BCUT2D eigenvalue weighted by Gasteiger charge is -2.08. The predicted octanol–water partition coefficient (Wildman–Crippen LogP) is 4.03. The summed E-state index contributed by atoms with van der Waals surface area (Å²) in [6, 6.07) is 21.5. The van der Waals surface area contributed by atoms with Gasteiger partial charge in [0.05, 0.1) is 0 Å². The van der Waals surface area contributed by atoms with Gasteiger partial charge >= 0.3 is 0 Å². The van der Waals surface area contributed by atoms with Gasteiger partial charge in [-0.15, -0.1) is 10.2 Å². The Hall–Kier alpha value is -4.44. The molecular formula is C25H20N4O5S. The highest BCUT2D eigenvalue weighted by Gasteiger charge is 2.15. The molecule has 0 saturated carbocycles. The Balaban J connectivity index is 1.12. The Labute approximate surface area is 204 Å². The molecule has 1 aliphatic heterocycles. The number of amides is 2. The van der Waals surface area contributed by atoms with Gasteiger partial charge < -0.3 is 24.8 Å². The summed E-state index contributed by atoms with van der Waals surface area (Å²) in [6.45, 7) is 0.781. The Morgan fingerprint density at radius 3 is 2.54 bits per heavy atom. The number of carbonyl (C=O) groups excluding carboxylic acids is 2. The van der Waals surface area contributed by atoms with Crippen LogP contribution in [0.3, 0.4) is 0 Å². The van der Waals surface area contributed by atoms with Crippen LogP contribution < -0.4 is 24.8 Å². The topological polar surface area (TPSA) is 112 Å². The minimum atomic E-state index is -0.381. The van der Waals surface area contributed by atoms with Crippen molar-refractivity contribution in [1.82, 2.24) is 15.5 Å². The number of carbonyl (C=O) groups is 2. The number of nitrogens with one attached hydrogen (secondary N) is 2. The number of ether oxygens (including phenoxy) is 3. The lowest BCUT2D eigenvalue weighted by molar-refractivity contribution is 0.0950. The van der Waals surface area contributed by atoms with Crippen molar-refractivity contribution < 1.29 is 23.8 Å². The smallest absolute Gasteiger partial charge is 0.286 e. The van der Waals surface area contributed by atoms with Crippen molar-refractivity contribution in [3.8, 4) is 17.2 Å². The Bertz CT molecular complexity index is 1340. The average Bonchev–Trinajstić information content (AvgIpc) is 3.56. The van der Waals surface area contributed by atoms with Crippen molar-refractivity contribution >= 4 is 28.8 Å². The molecule has 0 radical (unpaired) electrons. The molecule has 9 nitrogen and oxygen atoms in total. The number of nitrogens with zero attached hydrogens (tertiary/aromatic N) is 2. The number of fused-ring (bicyclic) bond motifs is 1. The highest BCUT2D eigenvalue weighted by molar-refractivity contribution is 7.13. The second-order valence-electron chi connectivity index (χ2n) is 7.50. The molecule has 176 valence electrons. The van der Waals surface area contributed by atoms with Crippen molar-refractivity contribution in [2.24, 2.45) is 0 Å². The van der Waals surface area contributed by atoms with Crippen LogP contribution in [0.5, 0.6) is 17.2 Å². The summed E-state index contributed by atoms with van der Waals surface area (Å²) in [6.07, 6.45) is 0. The molecule has 0 unspecified atom stereocenters. The first kappa shape index (κ1) is 22.4. The Kier molecular flexibility index (Phi) is 6.53. The molecule has 1 aliphatic rings. The molecule has 2 heterocycles. The number of hydrogen-bond acceptors (Lipinski definition) is 8. The molecule has 4 aromatic rings. The maximum atomic E-state index is 12.5. The zero-order chi connectivity index (χ0) is 24.0. The minimum Gasteiger partial charge on any atom is -0.486 e. The lowest BCUT2D eigenvalue weighted by Crippen LogP contribution is -2.22. The van der Waals surface area contributed by atoms with Gasteiger partial charge in [0.15, 0.2) is 16.5 Å². The summed E-state index contributed by atoms with van der Waals surface area (Å²) in [7, 11) is 0. The number of para-hydroxylation sites is 1. The van der Waals surface area contributed by atoms with Crippen LogP contribution >= 0.6 is 11.3 Å². The van der Waals surface area contributed by atoms with Crippen LogP contribution in [-0.4, -0.2) is 28.8 Å². The van der Waals surface area contributed by atoms with E-state index < -0.39 is 0 Å². The van der Waals surface area contributed by atoms with Crippen molar-refractivity contribution in [3.63, 3.8) is 0 Å². The van der Waals surface area contributed by atoms with Crippen LogP contribution in [0.2, 0.25) is 0 Å². The van der Waals surface area contributed by atoms with Crippen LogP contribution in [0.15, 0.2) is 72.8 Å². The van der Waals surface area contributed by atoms with E-state index in [0.717, 1.165) is 16.9 Å². The van der Waals surface area contributed by atoms with Gasteiger partial charge in [-0.25, -0.2) is 0 Å². The van der Waals surface area contributed by atoms with Gasteiger partial charge in [0.1, 0.15) is 12.4 Å². The fourth-order valence-corrected chi connectivity index (χ4v) is 3.94. The largest absolute Gasteiger partial charge is 0.486 e. The predicted molar refractivity (Wildman–Crippen MR) is 129 cm³/mol. The number of hydrogen-bond donors (Lipinski definition) is 2. The summed E-state index contributed by atoms with van der Waals surface area (Å²) < 4.78 is 16.3. The van der Waals surface area contributed by atoms with E-state index in [1.807, 2.05) is 48.5 Å². The molecule has 2 N–H and O–H groups in total. The first-order chi connectivity index (χ1) is 17.1. The molecule has 0 aliphatic carbocycles. The minimum absolute atomic E-state index is 0.205. The van der Waals surface area contributed by atoms with Gasteiger partial charge in [0.2, 0.25) is 11.8 Å². The van der Waals surface area contributed by atoms with E-state index in [9.17, 15) is 9.59 Å². The third-order valence-electron chi connectivity index (χ3n) is 5.06. The van der Waals surface area contributed by atoms with Gasteiger partial charge in [-0.05, 0) is 54.1 Å². The van der Waals surface area contributed by atoms with E-state index >= 15 is 0 Å². The van der Waals surface area contributed by atoms with E-state index in [-0.39, 0.29) is 30.2 Å². The van der Waals surface area contributed by atoms with Crippen LogP contribution in [-0.2, 0) is 13.2 Å². The molecule has 5 rings (SSSR count). The normalized spacial score (nSPS) is 11.7. The lowest BCUT2D eigenvalue weighted by atomic mass is 10.1. The van der Waals surface area contributed by atoms with Gasteiger partial charge in [0, 0.05) is 17.8 Å². The highest BCUT2D eigenvalue weighted by atomic mass is 32.1. The van der Waals surface area contributed by atoms with Crippen LogP contribution in [0.4, 0.5) is 5.69 Å². The van der Waals surface area contributed by atoms with Crippen LogP contribution in [0.25, 0.3) is 0 Å². The fourth-order valence-electron chi connectivity index (χ4n) is 3.29. The van der Waals surface area contributed by atoms with E-state index in [0.29, 0.717) is 40.1 Å². The van der Waals surface area contributed by atoms with E-state index in [1.165, 1.54) is 0 Å². The number of anilines is 1. The molecule has 2 amide bonds. The standard InChI is InChI=1S/C25H20N4O5S/c30-23(26-13-16-6-11-20-21(12-16)34-15-33-20)17-7-9-18(10-8-17)27-24(31)25-29-28-22(35-25)14-32-19-4-2-1-3-5-19/h1-12H,13-15H2,(H,26,30)(H,27,31). The molecular weight excluding hydrogens is 468 g/mol. The van der Waals surface area contributed by atoms with Gasteiger partial charge in [-0.2, -0.15) is 0 Å². The SMILES string of the molecule is O=C(NCc1ccc2c(c1)OCO2)c1ccc(NC(=O)c2nnc(COc3ccccc3)s2)cc1. The molecule has 0 fully saturated rings. The van der Waals surface area contributed by atoms with Crippen LogP contribution in [0, 0.1) is 0 Å². The average molecular weight is 489 g/mol. The van der Waals surface area contributed by atoms with Gasteiger partial charge in [-0.1, -0.05) is 35.6 Å². The molecule has 3 aromatic carbocycles. The zero-order valence-corrected chi connectivity index (χ0v) is 19.2. The summed E-state index contributed by atoms with van der Waals surface area (Å²) in [5, 5.41) is 14.4. The van der Waals surface area contributed by atoms with E-state index in [4.69, 9.17) is 14.2 Å². The quantitative estimate of drug-likeness (QED) is 0.385. The number of aromatic nitrogens is 2. The Morgan fingerprint density at radius 2 is 1.71 bits per heavy atom. The third-order valence-corrected chi connectivity index (χ3v) is 5.96. The molecule has 35 heavy (non-hydrogen) atoms. The first-order valence-electron chi connectivity index (χ1n) is 10.7. The van der Waals surface area contributed by atoms with E-state index in [1.54, 1.807) is 24.3 Å². The van der Waals surface area contributed by atoms with Gasteiger partial charge in [0.25, 0.3) is 11.8 Å². The molecule has 10 heteroatoms. The van der Waals surface area contributed by atoms with Crippen molar-refractivity contribution in [2.45, 2.75) is 13.2 Å². The highest BCUT2D eigenvalue weighted by Crippen LogP contribution is 2.32. The van der Waals surface area contributed by atoms with Crippen molar-refractivity contribution in [3.05, 3.63) is 93.9 Å². The zero-order valence-electron chi connectivity index (χ0n) is 18.4. The number of rotatable bonds is 8. The molecule has 0 saturated heterocycles. The Morgan fingerprint density at radius 1 is 0.914 bits per heavy atom. The van der Waals surface area contributed by atoms with Crippen LogP contribution in [0.1, 0.15) is 30.7 Å². The summed E-state index contributed by atoms with van der Waals surface area (Å²) in [5.74, 6) is 1.47. The number of benzene rings is 3. The maximum absolute atomic E-state index is 12.5. The van der Waals surface area contributed by atoms with Crippen molar-refractivity contribution in [2.75, 3.05) is 12.1 Å². The summed E-state index contributed by atoms with van der Waals surface area (Å²) >= 11 is 1.16. The second kappa shape index (κ2) is 10.2. The molecule has 1 aromatic heterocycles. The second-order valence-corrected chi connectivity index (χ2v) is 8.57. The molecule has 0 bridgehead atoms.